The Morgan fingerprint density at radius 2 is 1.83 bits per heavy atom. The lowest BCUT2D eigenvalue weighted by Crippen LogP contribution is -2.11. The van der Waals surface area contributed by atoms with E-state index in [2.05, 4.69) is 37.6 Å². The molecule has 0 aliphatic carbocycles. The number of hydrogen-bond donors (Lipinski definition) is 0. The molecule has 0 aliphatic rings. The van der Waals surface area contributed by atoms with Crippen molar-refractivity contribution in [3.63, 3.8) is 0 Å². The minimum Gasteiger partial charge on any atom is -0.383 e. The molecule has 1 rings (SSSR count). The number of rotatable bonds is 10. The van der Waals surface area contributed by atoms with Crippen molar-refractivity contribution in [1.82, 2.24) is 14.8 Å². The molecule has 0 atom stereocenters. The number of alkyl halides is 1. The highest BCUT2D eigenvalue weighted by Gasteiger charge is 2.10. The van der Waals surface area contributed by atoms with Crippen molar-refractivity contribution in [2.24, 2.45) is 0 Å². The molecule has 0 saturated carbocycles. The first-order valence-corrected chi connectivity index (χ1v) is 7.91. The summed E-state index contributed by atoms with van der Waals surface area (Å²) in [7, 11) is 1.72. The highest BCUT2D eigenvalue weighted by atomic mass is 79.9. The SMILES string of the molecule is CCCCCCCc1nnc(CBr)n1CCOC. The maximum atomic E-state index is 5.14. The normalized spacial score (nSPS) is 11.1. The molecule has 1 aromatic heterocycles. The van der Waals surface area contributed by atoms with Gasteiger partial charge in [0.2, 0.25) is 0 Å². The molecule has 1 heterocycles. The predicted molar refractivity (Wildman–Crippen MR) is 77.0 cm³/mol. The summed E-state index contributed by atoms with van der Waals surface area (Å²) in [5.74, 6) is 2.09. The van der Waals surface area contributed by atoms with E-state index in [1.807, 2.05) is 0 Å². The van der Waals surface area contributed by atoms with Crippen molar-refractivity contribution in [3.8, 4) is 0 Å². The lowest BCUT2D eigenvalue weighted by atomic mass is 10.1. The van der Waals surface area contributed by atoms with Crippen LogP contribution in [0.3, 0.4) is 0 Å². The van der Waals surface area contributed by atoms with Crippen molar-refractivity contribution in [3.05, 3.63) is 11.6 Å². The molecule has 0 bridgehead atoms. The molecular weight excluding hydrogens is 294 g/mol. The molecule has 0 aliphatic heterocycles. The third-order valence-electron chi connectivity index (χ3n) is 3.05. The molecule has 1 aromatic rings. The molecule has 5 heteroatoms. The second kappa shape index (κ2) is 9.50. The average Bonchev–Trinajstić information content (AvgIpc) is 2.78. The molecule has 0 fully saturated rings. The van der Waals surface area contributed by atoms with E-state index in [0.717, 1.165) is 29.9 Å². The highest BCUT2D eigenvalue weighted by molar-refractivity contribution is 9.08. The van der Waals surface area contributed by atoms with E-state index in [0.29, 0.717) is 6.61 Å². The summed E-state index contributed by atoms with van der Waals surface area (Å²) in [4.78, 5) is 0. The van der Waals surface area contributed by atoms with E-state index in [-0.39, 0.29) is 0 Å². The summed E-state index contributed by atoms with van der Waals surface area (Å²) < 4.78 is 7.31. The Hall–Kier alpha value is -0.420. The Labute approximate surface area is 118 Å². The molecule has 0 aromatic carbocycles. The number of aromatic nitrogens is 3. The Bertz CT molecular complexity index is 328. The van der Waals surface area contributed by atoms with Crippen LogP contribution in [0.15, 0.2) is 0 Å². The van der Waals surface area contributed by atoms with Crippen molar-refractivity contribution >= 4 is 15.9 Å². The predicted octanol–water partition coefficient (Wildman–Crippen LogP) is 3.33. The second-order valence-electron chi connectivity index (χ2n) is 4.47. The van der Waals surface area contributed by atoms with Crippen molar-refractivity contribution < 1.29 is 4.74 Å². The van der Waals surface area contributed by atoms with Gasteiger partial charge in [-0.25, -0.2) is 0 Å². The van der Waals surface area contributed by atoms with Crippen molar-refractivity contribution in [2.45, 2.75) is 57.3 Å². The monoisotopic (exact) mass is 317 g/mol. The fourth-order valence-electron chi connectivity index (χ4n) is 1.98. The largest absolute Gasteiger partial charge is 0.383 e. The van der Waals surface area contributed by atoms with Gasteiger partial charge in [-0.15, -0.1) is 10.2 Å². The van der Waals surface area contributed by atoms with Crippen LogP contribution in [0.2, 0.25) is 0 Å². The summed E-state index contributed by atoms with van der Waals surface area (Å²) in [6, 6.07) is 0. The van der Waals surface area contributed by atoms with E-state index in [9.17, 15) is 0 Å². The number of halogens is 1. The van der Waals surface area contributed by atoms with Crippen LogP contribution in [0.4, 0.5) is 0 Å². The van der Waals surface area contributed by atoms with Gasteiger partial charge < -0.3 is 9.30 Å². The fourth-order valence-corrected chi connectivity index (χ4v) is 2.40. The standard InChI is InChI=1S/C13H24BrN3O/c1-3-4-5-6-7-8-12-15-16-13(11-14)17(12)9-10-18-2/h3-11H2,1-2H3. The smallest absolute Gasteiger partial charge is 0.143 e. The van der Waals surface area contributed by atoms with E-state index in [1.165, 1.54) is 32.1 Å². The first-order chi connectivity index (χ1) is 8.83. The van der Waals surface area contributed by atoms with Gasteiger partial charge in [-0.05, 0) is 6.42 Å². The summed E-state index contributed by atoms with van der Waals surface area (Å²) in [6.07, 6.45) is 7.46. The lowest BCUT2D eigenvalue weighted by Gasteiger charge is -2.08. The lowest BCUT2D eigenvalue weighted by molar-refractivity contribution is 0.185. The van der Waals surface area contributed by atoms with Gasteiger partial charge in [-0.1, -0.05) is 48.5 Å². The Kier molecular flexibility index (Phi) is 8.25. The van der Waals surface area contributed by atoms with Crippen LogP contribution in [-0.4, -0.2) is 28.5 Å². The van der Waals surface area contributed by atoms with Gasteiger partial charge in [0.25, 0.3) is 0 Å². The van der Waals surface area contributed by atoms with Crippen LogP contribution >= 0.6 is 15.9 Å². The molecular formula is C13H24BrN3O. The van der Waals surface area contributed by atoms with Gasteiger partial charge in [0, 0.05) is 20.1 Å². The maximum absolute atomic E-state index is 5.14. The molecule has 0 amide bonds. The molecule has 0 saturated heterocycles. The van der Waals surface area contributed by atoms with Gasteiger partial charge in [-0.2, -0.15) is 0 Å². The van der Waals surface area contributed by atoms with Crippen LogP contribution in [0.1, 0.15) is 50.7 Å². The Morgan fingerprint density at radius 1 is 1.11 bits per heavy atom. The Morgan fingerprint density at radius 3 is 2.50 bits per heavy atom. The summed E-state index contributed by atoms with van der Waals surface area (Å²) in [5.41, 5.74) is 0. The molecule has 0 spiro atoms. The zero-order valence-corrected chi connectivity index (χ0v) is 13.1. The zero-order chi connectivity index (χ0) is 13.2. The van der Waals surface area contributed by atoms with Crippen LogP contribution in [0, 0.1) is 0 Å². The molecule has 18 heavy (non-hydrogen) atoms. The number of hydrogen-bond acceptors (Lipinski definition) is 3. The van der Waals surface area contributed by atoms with Gasteiger partial charge in [-0.3, -0.25) is 0 Å². The third kappa shape index (κ3) is 5.06. The number of methoxy groups -OCH3 is 1. The van der Waals surface area contributed by atoms with Crippen molar-refractivity contribution in [1.29, 1.82) is 0 Å². The number of aryl methyl sites for hydroxylation is 1. The van der Waals surface area contributed by atoms with Gasteiger partial charge >= 0.3 is 0 Å². The first kappa shape index (κ1) is 15.6. The Balaban J connectivity index is 2.45. The number of unbranched alkanes of at least 4 members (excludes halogenated alkanes) is 4. The molecule has 0 N–H and O–H groups in total. The van der Waals surface area contributed by atoms with Gasteiger partial charge in [0.15, 0.2) is 0 Å². The first-order valence-electron chi connectivity index (χ1n) is 6.79. The average molecular weight is 318 g/mol. The van der Waals surface area contributed by atoms with Gasteiger partial charge in [0.1, 0.15) is 11.6 Å². The van der Waals surface area contributed by atoms with Crippen LogP contribution in [0.5, 0.6) is 0 Å². The van der Waals surface area contributed by atoms with E-state index in [1.54, 1.807) is 7.11 Å². The molecule has 0 unspecified atom stereocenters. The fraction of sp³-hybridized carbons (Fsp3) is 0.846. The maximum Gasteiger partial charge on any atom is 0.143 e. The zero-order valence-electron chi connectivity index (χ0n) is 11.5. The summed E-state index contributed by atoms with van der Waals surface area (Å²) >= 11 is 3.45. The molecule has 4 nitrogen and oxygen atoms in total. The van der Waals surface area contributed by atoms with Crippen molar-refractivity contribution in [2.75, 3.05) is 13.7 Å². The quantitative estimate of drug-likeness (QED) is 0.491. The third-order valence-corrected chi connectivity index (χ3v) is 3.55. The topological polar surface area (TPSA) is 39.9 Å². The molecule has 0 radical (unpaired) electrons. The summed E-state index contributed by atoms with van der Waals surface area (Å²) in [5, 5.41) is 9.25. The minimum absolute atomic E-state index is 0.709. The van der Waals surface area contributed by atoms with E-state index >= 15 is 0 Å². The van der Waals surface area contributed by atoms with Crippen LogP contribution in [0.25, 0.3) is 0 Å². The van der Waals surface area contributed by atoms with Crippen LogP contribution in [-0.2, 0) is 23.0 Å². The van der Waals surface area contributed by atoms with Gasteiger partial charge in [0.05, 0.1) is 11.9 Å². The van der Waals surface area contributed by atoms with E-state index < -0.39 is 0 Å². The summed E-state index contributed by atoms with van der Waals surface area (Å²) in [6.45, 7) is 3.79. The minimum atomic E-state index is 0.709. The van der Waals surface area contributed by atoms with E-state index in [4.69, 9.17) is 4.74 Å². The van der Waals surface area contributed by atoms with Crippen LogP contribution < -0.4 is 0 Å². The molecule has 104 valence electrons. The second-order valence-corrected chi connectivity index (χ2v) is 5.04. The highest BCUT2D eigenvalue weighted by Crippen LogP contribution is 2.11. The number of nitrogens with zero attached hydrogens (tertiary/aromatic N) is 3. The number of ether oxygens (including phenoxy) is 1.